The van der Waals surface area contributed by atoms with Crippen molar-refractivity contribution in [1.29, 1.82) is 0 Å². The van der Waals surface area contributed by atoms with Crippen LogP contribution in [-0.4, -0.2) is 16.7 Å². The van der Waals surface area contributed by atoms with E-state index >= 15 is 0 Å². The molecule has 1 aromatic heterocycles. The highest BCUT2D eigenvalue weighted by atomic mass is 16.5. The summed E-state index contributed by atoms with van der Waals surface area (Å²) in [6.07, 6.45) is 0.974. The van der Waals surface area contributed by atoms with Gasteiger partial charge in [-0.3, -0.25) is 0 Å². The standard InChI is InChI=1S/C12H15N3O2/c1-2-6-16-10-5-3-4-9(7-10)12-14-11(8-13)15-17-12/h3-5,7H,2,6,8,13H2,1H3. The van der Waals surface area contributed by atoms with Gasteiger partial charge >= 0.3 is 0 Å². The molecule has 0 spiro atoms. The van der Waals surface area contributed by atoms with Crippen LogP contribution in [0.2, 0.25) is 0 Å². The number of hydrogen-bond acceptors (Lipinski definition) is 5. The predicted octanol–water partition coefficient (Wildman–Crippen LogP) is 1.98. The second-order valence-corrected chi connectivity index (χ2v) is 3.60. The zero-order chi connectivity index (χ0) is 12.1. The molecule has 0 aliphatic carbocycles. The van der Waals surface area contributed by atoms with Gasteiger partial charge in [0.05, 0.1) is 13.2 Å². The summed E-state index contributed by atoms with van der Waals surface area (Å²) in [6.45, 7) is 3.03. The van der Waals surface area contributed by atoms with Gasteiger partial charge in [0, 0.05) is 5.56 Å². The summed E-state index contributed by atoms with van der Waals surface area (Å²) in [5.74, 6) is 1.77. The molecule has 0 amide bonds. The van der Waals surface area contributed by atoms with Gasteiger partial charge in [0.1, 0.15) is 5.75 Å². The molecule has 2 N–H and O–H groups in total. The van der Waals surface area contributed by atoms with Gasteiger partial charge < -0.3 is 15.0 Å². The van der Waals surface area contributed by atoms with Crippen LogP contribution in [0.15, 0.2) is 28.8 Å². The van der Waals surface area contributed by atoms with Crippen LogP contribution in [0.25, 0.3) is 11.5 Å². The maximum Gasteiger partial charge on any atom is 0.258 e. The molecular weight excluding hydrogens is 218 g/mol. The zero-order valence-corrected chi connectivity index (χ0v) is 9.72. The Morgan fingerprint density at radius 3 is 3.00 bits per heavy atom. The summed E-state index contributed by atoms with van der Waals surface area (Å²) in [7, 11) is 0. The first kappa shape index (κ1) is 11.6. The minimum absolute atomic E-state index is 0.273. The summed E-state index contributed by atoms with van der Waals surface area (Å²) in [4.78, 5) is 4.16. The summed E-state index contributed by atoms with van der Waals surface area (Å²) in [6, 6.07) is 7.57. The molecule has 0 unspecified atom stereocenters. The Hall–Kier alpha value is -1.88. The molecule has 1 heterocycles. The topological polar surface area (TPSA) is 74.2 Å². The molecule has 0 bridgehead atoms. The number of nitrogens with two attached hydrogens (primary N) is 1. The van der Waals surface area contributed by atoms with Gasteiger partial charge in [-0.15, -0.1) is 0 Å². The van der Waals surface area contributed by atoms with Crippen LogP contribution < -0.4 is 10.5 Å². The van der Waals surface area contributed by atoms with Crippen LogP contribution in [-0.2, 0) is 6.54 Å². The highest BCUT2D eigenvalue weighted by molar-refractivity contribution is 5.55. The first-order chi connectivity index (χ1) is 8.33. The van der Waals surface area contributed by atoms with Crippen molar-refractivity contribution < 1.29 is 9.26 Å². The van der Waals surface area contributed by atoms with E-state index in [1.165, 1.54) is 0 Å². The average Bonchev–Trinajstić information content (AvgIpc) is 2.85. The molecule has 2 aromatic rings. The van der Waals surface area contributed by atoms with Gasteiger partial charge in [-0.05, 0) is 24.6 Å². The Bertz CT molecular complexity index is 482. The minimum Gasteiger partial charge on any atom is -0.494 e. The van der Waals surface area contributed by atoms with E-state index in [-0.39, 0.29) is 6.54 Å². The first-order valence-electron chi connectivity index (χ1n) is 5.59. The smallest absolute Gasteiger partial charge is 0.258 e. The number of aromatic nitrogens is 2. The SMILES string of the molecule is CCCOc1cccc(-c2nc(CN)no2)c1. The molecule has 0 saturated carbocycles. The summed E-state index contributed by atoms with van der Waals surface area (Å²) < 4.78 is 10.6. The Balaban J connectivity index is 2.20. The van der Waals surface area contributed by atoms with E-state index in [1.807, 2.05) is 24.3 Å². The summed E-state index contributed by atoms with van der Waals surface area (Å²) in [5.41, 5.74) is 6.27. The third-order valence-corrected chi connectivity index (χ3v) is 2.20. The highest BCUT2D eigenvalue weighted by Gasteiger charge is 2.08. The van der Waals surface area contributed by atoms with Crippen LogP contribution >= 0.6 is 0 Å². The highest BCUT2D eigenvalue weighted by Crippen LogP contribution is 2.22. The van der Waals surface area contributed by atoms with E-state index in [9.17, 15) is 0 Å². The fraction of sp³-hybridized carbons (Fsp3) is 0.333. The molecule has 0 radical (unpaired) electrons. The molecule has 0 aliphatic heterocycles. The lowest BCUT2D eigenvalue weighted by Crippen LogP contribution is -1.97. The van der Waals surface area contributed by atoms with E-state index in [1.54, 1.807) is 0 Å². The van der Waals surface area contributed by atoms with Gasteiger partial charge in [0.15, 0.2) is 5.82 Å². The van der Waals surface area contributed by atoms with Crippen molar-refractivity contribution in [3.05, 3.63) is 30.1 Å². The average molecular weight is 233 g/mol. The third kappa shape index (κ3) is 2.82. The zero-order valence-electron chi connectivity index (χ0n) is 9.72. The molecule has 5 heteroatoms. The van der Waals surface area contributed by atoms with Crippen molar-refractivity contribution in [3.8, 4) is 17.2 Å². The molecule has 0 atom stereocenters. The first-order valence-corrected chi connectivity index (χ1v) is 5.59. The maximum atomic E-state index is 5.54. The largest absolute Gasteiger partial charge is 0.494 e. The maximum absolute atomic E-state index is 5.54. The molecule has 1 aromatic carbocycles. The minimum atomic E-state index is 0.273. The van der Waals surface area contributed by atoms with E-state index < -0.39 is 0 Å². The van der Waals surface area contributed by atoms with Gasteiger partial charge in [-0.2, -0.15) is 4.98 Å². The van der Waals surface area contributed by atoms with Crippen molar-refractivity contribution in [2.45, 2.75) is 19.9 Å². The van der Waals surface area contributed by atoms with E-state index in [0.717, 1.165) is 17.7 Å². The molecule has 5 nitrogen and oxygen atoms in total. The second kappa shape index (κ2) is 5.45. The molecule has 17 heavy (non-hydrogen) atoms. The number of hydrogen-bond donors (Lipinski definition) is 1. The van der Waals surface area contributed by atoms with Crippen molar-refractivity contribution in [3.63, 3.8) is 0 Å². The van der Waals surface area contributed by atoms with Crippen molar-refractivity contribution >= 4 is 0 Å². The number of rotatable bonds is 5. The van der Waals surface area contributed by atoms with E-state index in [4.69, 9.17) is 15.0 Å². The molecular formula is C12H15N3O2. The monoisotopic (exact) mass is 233 g/mol. The summed E-state index contributed by atoms with van der Waals surface area (Å²) in [5, 5.41) is 3.75. The van der Waals surface area contributed by atoms with Crippen molar-refractivity contribution in [1.82, 2.24) is 10.1 Å². The molecule has 0 fully saturated rings. The molecule has 0 aliphatic rings. The Morgan fingerprint density at radius 1 is 1.41 bits per heavy atom. The second-order valence-electron chi connectivity index (χ2n) is 3.60. The van der Waals surface area contributed by atoms with Gasteiger partial charge in [0.2, 0.25) is 0 Å². The van der Waals surface area contributed by atoms with Gasteiger partial charge in [0.25, 0.3) is 5.89 Å². The predicted molar refractivity (Wildman–Crippen MR) is 63.4 cm³/mol. The number of nitrogens with zero attached hydrogens (tertiary/aromatic N) is 2. The third-order valence-electron chi connectivity index (χ3n) is 2.20. The fourth-order valence-electron chi connectivity index (χ4n) is 1.39. The van der Waals surface area contributed by atoms with Crippen molar-refractivity contribution in [2.75, 3.05) is 6.61 Å². The Labute approximate surface area is 99.6 Å². The van der Waals surface area contributed by atoms with E-state index in [2.05, 4.69) is 17.1 Å². The summed E-state index contributed by atoms with van der Waals surface area (Å²) >= 11 is 0. The lowest BCUT2D eigenvalue weighted by molar-refractivity contribution is 0.317. The van der Waals surface area contributed by atoms with Crippen LogP contribution in [0.3, 0.4) is 0 Å². The normalized spacial score (nSPS) is 10.5. The van der Waals surface area contributed by atoms with Crippen LogP contribution in [0.5, 0.6) is 5.75 Å². The lowest BCUT2D eigenvalue weighted by atomic mass is 10.2. The quantitative estimate of drug-likeness (QED) is 0.854. The number of benzene rings is 1. The Morgan fingerprint density at radius 2 is 2.29 bits per heavy atom. The van der Waals surface area contributed by atoms with Gasteiger partial charge in [-0.1, -0.05) is 18.1 Å². The molecule has 90 valence electrons. The molecule has 2 rings (SSSR count). The van der Waals surface area contributed by atoms with Crippen LogP contribution in [0, 0.1) is 0 Å². The number of ether oxygens (including phenoxy) is 1. The van der Waals surface area contributed by atoms with E-state index in [0.29, 0.717) is 18.3 Å². The fourth-order valence-corrected chi connectivity index (χ4v) is 1.39. The lowest BCUT2D eigenvalue weighted by Gasteiger charge is -2.04. The Kier molecular flexibility index (Phi) is 3.72. The van der Waals surface area contributed by atoms with Gasteiger partial charge in [-0.25, -0.2) is 0 Å². The van der Waals surface area contributed by atoms with Crippen molar-refractivity contribution in [2.24, 2.45) is 5.73 Å². The molecule has 0 saturated heterocycles. The van der Waals surface area contributed by atoms with Crippen LogP contribution in [0.4, 0.5) is 0 Å². The van der Waals surface area contributed by atoms with Crippen LogP contribution in [0.1, 0.15) is 19.2 Å².